The maximum Gasteiger partial charge on any atom is 0.121 e. The van der Waals surface area contributed by atoms with E-state index in [1.54, 1.807) is 6.07 Å². The molecule has 1 aromatic rings. The van der Waals surface area contributed by atoms with Gasteiger partial charge in [-0.3, -0.25) is 9.80 Å². The molecule has 0 spiro atoms. The van der Waals surface area contributed by atoms with E-state index in [0.29, 0.717) is 5.75 Å². The lowest BCUT2D eigenvalue weighted by Crippen LogP contribution is -2.32. The van der Waals surface area contributed by atoms with Crippen LogP contribution in [0, 0.1) is 0 Å². The topological polar surface area (TPSA) is 26.7 Å². The van der Waals surface area contributed by atoms with Crippen molar-refractivity contribution in [2.24, 2.45) is 0 Å². The standard InChI is InChI=1S/C11H18N2O/c1-12(2)11(13(3)4)9-7-5-6-8-10(9)14/h5-8,11,14H,1-4H3. The van der Waals surface area contributed by atoms with Crippen molar-refractivity contribution in [1.82, 2.24) is 9.80 Å². The molecule has 1 N–H and O–H groups in total. The fourth-order valence-electron chi connectivity index (χ4n) is 1.72. The zero-order valence-electron chi connectivity index (χ0n) is 9.23. The zero-order valence-corrected chi connectivity index (χ0v) is 9.23. The normalized spacial score (nSPS) is 11.6. The second-order valence-corrected chi connectivity index (χ2v) is 3.86. The van der Waals surface area contributed by atoms with Crippen LogP contribution >= 0.6 is 0 Å². The van der Waals surface area contributed by atoms with E-state index in [-0.39, 0.29) is 6.17 Å². The number of nitrogens with zero attached hydrogens (tertiary/aromatic N) is 2. The Bertz CT molecular complexity index is 289. The molecule has 3 heteroatoms. The molecule has 0 amide bonds. The monoisotopic (exact) mass is 194 g/mol. The molecule has 14 heavy (non-hydrogen) atoms. The average molecular weight is 194 g/mol. The van der Waals surface area contributed by atoms with E-state index in [4.69, 9.17) is 0 Å². The molecule has 1 aromatic carbocycles. The molecule has 0 fully saturated rings. The molecule has 0 aromatic heterocycles. The minimum absolute atomic E-state index is 0.108. The van der Waals surface area contributed by atoms with Gasteiger partial charge in [0.05, 0.1) is 6.17 Å². The van der Waals surface area contributed by atoms with Gasteiger partial charge < -0.3 is 5.11 Å². The Labute approximate surface area is 85.6 Å². The van der Waals surface area contributed by atoms with Gasteiger partial charge in [0, 0.05) is 5.56 Å². The third-order valence-electron chi connectivity index (χ3n) is 2.19. The molecule has 0 radical (unpaired) electrons. The van der Waals surface area contributed by atoms with Crippen molar-refractivity contribution >= 4 is 0 Å². The highest BCUT2D eigenvalue weighted by molar-refractivity contribution is 5.34. The van der Waals surface area contributed by atoms with Gasteiger partial charge >= 0.3 is 0 Å². The predicted octanol–water partition coefficient (Wildman–Crippen LogP) is 1.51. The molecule has 3 nitrogen and oxygen atoms in total. The minimum Gasteiger partial charge on any atom is -0.508 e. The number of benzene rings is 1. The van der Waals surface area contributed by atoms with Gasteiger partial charge in [-0.1, -0.05) is 18.2 Å². The SMILES string of the molecule is CN(C)C(c1ccccc1O)N(C)C. The van der Waals surface area contributed by atoms with Crippen molar-refractivity contribution in [3.63, 3.8) is 0 Å². The lowest BCUT2D eigenvalue weighted by molar-refractivity contribution is 0.128. The Morgan fingerprint density at radius 2 is 1.50 bits per heavy atom. The Morgan fingerprint density at radius 1 is 1.00 bits per heavy atom. The number of rotatable bonds is 3. The summed E-state index contributed by atoms with van der Waals surface area (Å²) in [6.45, 7) is 0. The molecule has 0 unspecified atom stereocenters. The van der Waals surface area contributed by atoms with Crippen molar-refractivity contribution in [2.75, 3.05) is 28.2 Å². The molecule has 0 saturated carbocycles. The van der Waals surface area contributed by atoms with E-state index < -0.39 is 0 Å². The number of phenols is 1. The Kier molecular flexibility index (Phi) is 3.49. The van der Waals surface area contributed by atoms with Gasteiger partial charge in [0.25, 0.3) is 0 Å². The van der Waals surface area contributed by atoms with Crippen molar-refractivity contribution in [2.45, 2.75) is 6.17 Å². The summed E-state index contributed by atoms with van der Waals surface area (Å²) >= 11 is 0. The molecule has 78 valence electrons. The minimum atomic E-state index is 0.108. The zero-order chi connectivity index (χ0) is 10.7. The number of aromatic hydroxyl groups is 1. The molecule has 0 atom stereocenters. The first-order valence-electron chi connectivity index (χ1n) is 4.64. The Balaban J connectivity index is 3.05. The van der Waals surface area contributed by atoms with E-state index in [9.17, 15) is 5.11 Å². The molecular formula is C11H18N2O. The van der Waals surface area contributed by atoms with Crippen LogP contribution in [-0.2, 0) is 0 Å². The van der Waals surface area contributed by atoms with Gasteiger partial charge in [-0.25, -0.2) is 0 Å². The average Bonchev–Trinajstić information content (AvgIpc) is 2.07. The Hall–Kier alpha value is -1.06. The maximum atomic E-state index is 9.73. The summed E-state index contributed by atoms with van der Waals surface area (Å²) in [7, 11) is 7.99. The molecule has 0 heterocycles. The Morgan fingerprint density at radius 3 is 1.93 bits per heavy atom. The predicted molar refractivity (Wildman–Crippen MR) is 58.2 cm³/mol. The highest BCUT2D eigenvalue weighted by atomic mass is 16.3. The van der Waals surface area contributed by atoms with Gasteiger partial charge in [-0.15, -0.1) is 0 Å². The van der Waals surface area contributed by atoms with Gasteiger partial charge in [0.15, 0.2) is 0 Å². The summed E-state index contributed by atoms with van der Waals surface area (Å²) in [5, 5.41) is 9.73. The van der Waals surface area contributed by atoms with Crippen molar-refractivity contribution in [3.05, 3.63) is 29.8 Å². The number of hydrogen-bond donors (Lipinski definition) is 1. The lowest BCUT2D eigenvalue weighted by atomic mass is 10.1. The fraction of sp³-hybridized carbons (Fsp3) is 0.455. The molecule has 0 bridgehead atoms. The van der Waals surface area contributed by atoms with Gasteiger partial charge in [0.1, 0.15) is 5.75 Å². The van der Waals surface area contributed by atoms with Crippen LogP contribution in [0.25, 0.3) is 0 Å². The van der Waals surface area contributed by atoms with Gasteiger partial charge in [0.2, 0.25) is 0 Å². The van der Waals surface area contributed by atoms with Crippen LogP contribution in [0.3, 0.4) is 0 Å². The van der Waals surface area contributed by atoms with Gasteiger partial charge in [-0.05, 0) is 34.3 Å². The van der Waals surface area contributed by atoms with E-state index in [1.165, 1.54) is 0 Å². The first-order valence-corrected chi connectivity index (χ1v) is 4.64. The smallest absolute Gasteiger partial charge is 0.121 e. The highest BCUT2D eigenvalue weighted by Crippen LogP contribution is 2.27. The summed E-state index contributed by atoms with van der Waals surface area (Å²) < 4.78 is 0. The third-order valence-corrected chi connectivity index (χ3v) is 2.19. The largest absolute Gasteiger partial charge is 0.508 e. The molecule has 1 rings (SSSR count). The molecule has 0 aliphatic heterocycles. The van der Waals surface area contributed by atoms with Crippen molar-refractivity contribution in [3.8, 4) is 5.75 Å². The van der Waals surface area contributed by atoms with Crippen LogP contribution in [0.4, 0.5) is 0 Å². The summed E-state index contributed by atoms with van der Waals surface area (Å²) in [6, 6.07) is 7.44. The van der Waals surface area contributed by atoms with E-state index in [0.717, 1.165) is 5.56 Å². The first kappa shape index (κ1) is 11.0. The summed E-state index contributed by atoms with van der Waals surface area (Å²) in [4.78, 5) is 4.13. The second kappa shape index (κ2) is 4.44. The molecular weight excluding hydrogens is 176 g/mol. The molecule has 0 aliphatic carbocycles. The number of para-hydroxylation sites is 1. The van der Waals surface area contributed by atoms with Crippen LogP contribution in [0.2, 0.25) is 0 Å². The number of phenolic OH excluding ortho intramolecular Hbond substituents is 1. The quantitative estimate of drug-likeness (QED) is 0.739. The van der Waals surface area contributed by atoms with Crippen molar-refractivity contribution < 1.29 is 5.11 Å². The first-order chi connectivity index (χ1) is 6.54. The van der Waals surface area contributed by atoms with Crippen LogP contribution in [-0.4, -0.2) is 43.1 Å². The second-order valence-electron chi connectivity index (χ2n) is 3.86. The van der Waals surface area contributed by atoms with Crippen LogP contribution in [0.15, 0.2) is 24.3 Å². The van der Waals surface area contributed by atoms with E-state index in [2.05, 4.69) is 9.80 Å². The van der Waals surface area contributed by atoms with Crippen LogP contribution < -0.4 is 0 Å². The van der Waals surface area contributed by atoms with E-state index in [1.807, 2.05) is 46.4 Å². The molecule has 0 aliphatic rings. The molecule has 0 saturated heterocycles. The third kappa shape index (κ3) is 2.25. The van der Waals surface area contributed by atoms with Crippen LogP contribution in [0.1, 0.15) is 11.7 Å². The summed E-state index contributed by atoms with van der Waals surface area (Å²) in [5.74, 6) is 0.347. The number of hydrogen-bond acceptors (Lipinski definition) is 3. The highest BCUT2D eigenvalue weighted by Gasteiger charge is 2.18. The summed E-state index contributed by atoms with van der Waals surface area (Å²) in [5.41, 5.74) is 0.933. The van der Waals surface area contributed by atoms with Crippen molar-refractivity contribution in [1.29, 1.82) is 0 Å². The lowest BCUT2D eigenvalue weighted by Gasteiger charge is -2.31. The maximum absolute atomic E-state index is 9.73. The fourth-order valence-corrected chi connectivity index (χ4v) is 1.72. The van der Waals surface area contributed by atoms with Gasteiger partial charge in [-0.2, -0.15) is 0 Å². The van der Waals surface area contributed by atoms with Crippen LogP contribution in [0.5, 0.6) is 5.75 Å². The summed E-state index contributed by atoms with van der Waals surface area (Å²) in [6.07, 6.45) is 0.108. The van der Waals surface area contributed by atoms with E-state index >= 15 is 0 Å².